The van der Waals surface area contributed by atoms with Crippen LogP contribution >= 0.6 is 0 Å². The van der Waals surface area contributed by atoms with Gasteiger partial charge in [0.05, 0.1) is 5.56 Å². The molecule has 1 unspecified atom stereocenters. The minimum Gasteiger partial charge on any atom is -0.508 e. The number of hydrogen-bond donors (Lipinski definition) is 4. The molecule has 4 rings (SSSR count). The summed E-state index contributed by atoms with van der Waals surface area (Å²) in [7, 11) is 0. The summed E-state index contributed by atoms with van der Waals surface area (Å²) < 4.78 is 5.99. The topological polar surface area (TPSA) is 116 Å². The number of aromatic hydroxyl groups is 1. The van der Waals surface area contributed by atoms with E-state index in [9.17, 15) is 19.8 Å². The number of rotatable bonds is 4. The second kappa shape index (κ2) is 7.53. The van der Waals surface area contributed by atoms with Gasteiger partial charge in [0.15, 0.2) is 0 Å². The number of nitrogens with one attached hydrogen (secondary N) is 1. The van der Waals surface area contributed by atoms with Crippen molar-refractivity contribution in [3.8, 4) is 17.2 Å². The van der Waals surface area contributed by atoms with Gasteiger partial charge >= 0.3 is 5.97 Å². The summed E-state index contributed by atoms with van der Waals surface area (Å²) in [5.74, 6) is -1.14. The molecule has 1 aliphatic heterocycles. The fraction of sp³-hybridized carbons (Fsp3) is 0.130. The molecule has 4 N–H and O–H groups in total. The summed E-state index contributed by atoms with van der Waals surface area (Å²) in [6, 6.07) is 15.1. The number of fused-ring (bicyclic) bond motifs is 2. The molecule has 152 valence electrons. The highest BCUT2D eigenvalue weighted by Gasteiger charge is 2.32. The third-order valence-electron chi connectivity index (χ3n) is 5.03. The third-order valence-corrected chi connectivity index (χ3v) is 5.03. The lowest BCUT2D eigenvalue weighted by Crippen LogP contribution is -2.18. The van der Waals surface area contributed by atoms with E-state index in [2.05, 4.69) is 5.32 Å². The predicted octanol–water partition coefficient (Wildman–Crippen LogP) is 3.62. The number of carboxylic acid groups (broad SMARTS) is 1. The first-order valence-corrected chi connectivity index (χ1v) is 9.26. The average molecular weight is 405 g/mol. The number of carbonyl (C=O) groups excluding carboxylic acids is 1. The minimum atomic E-state index is -1.15. The maximum atomic E-state index is 12.1. The zero-order valence-electron chi connectivity index (χ0n) is 16.0. The molecule has 0 saturated heterocycles. The Morgan fingerprint density at radius 1 is 0.967 bits per heavy atom. The first kappa shape index (κ1) is 19.5. The smallest absolute Gasteiger partial charge is 0.336 e. The molecule has 1 atom stereocenters. The summed E-state index contributed by atoms with van der Waals surface area (Å²) in [6.45, 7) is 1.23. The Balaban J connectivity index is 1.92. The third kappa shape index (κ3) is 3.46. The van der Waals surface area contributed by atoms with E-state index in [-0.39, 0.29) is 17.0 Å². The molecule has 3 aromatic rings. The number of amides is 1. The van der Waals surface area contributed by atoms with Crippen molar-refractivity contribution in [2.45, 2.75) is 12.8 Å². The lowest BCUT2D eigenvalue weighted by Gasteiger charge is -2.30. The highest BCUT2D eigenvalue weighted by Crippen LogP contribution is 2.49. The van der Waals surface area contributed by atoms with Crippen LogP contribution in [0.4, 0.5) is 5.69 Å². The number of hydrogen-bond acceptors (Lipinski definition) is 5. The molecular formula is C23H19NO6. The van der Waals surface area contributed by atoms with Crippen molar-refractivity contribution in [2.75, 3.05) is 11.9 Å². The quantitative estimate of drug-likeness (QED) is 0.412. The van der Waals surface area contributed by atoms with Gasteiger partial charge in [-0.3, -0.25) is 4.79 Å². The SMILES string of the molecule is Cc1ccc2c(c1)Oc1cc(O)ccc1C2c1ccc(NC(=O)CO)cc1C(=O)O. The van der Waals surface area contributed by atoms with Gasteiger partial charge in [-0.15, -0.1) is 0 Å². The van der Waals surface area contributed by atoms with Crippen LogP contribution in [0.25, 0.3) is 0 Å². The molecule has 0 bridgehead atoms. The van der Waals surface area contributed by atoms with Crippen LogP contribution in [0.2, 0.25) is 0 Å². The highest BCUT2D eigenvalue weighted by molar-refractivity contribution is 5.95. The van der Waals surface area contributed by atoms with Crippen LogP contribution in [0.5, 0.6) is 17.2 Å². The maximum Gasteiger partial charge on any atom is 0.336 e. The van der Waals surface area contributed by atoms with E-state index < -0.39 is 24.4 Å². The Hall–Kier alpha value is -3.84. The van der Waals surface area contributed by atoms with Crippen molar-refractivity contribution < 1.29 is 29.6 Å². The molecule has 7 nitrogen and oxygen atoms in total. The lowest BCUT2D eigenvalue weighted by atomic mass is 9.80. The summed E-state index contributed by atoms with van der Waals surface area (Å²) >= 11 is 0. The Morgan fingerprint density at radius 3 is 2.33 bits per heavy atom. The zero-order chi connectivity index (χ0) is 21.4. The van der Waals surface area contributed by atoms with E-state index in [1.165, 1.54) is 18.2 Å². The molecule has 0 aromatic heterocycles. The van der Waals surface area contributed by atoms with Gasteiger partial charge in [-0.2, -0.15) is 0 Å². The molecule has 0 radical (unpaired) electrons. The van der Waals surface area contributed by atoms with E-state index in [1.807, 2.05) is 25.1 Å². The highest BCUT2D eigenvalue weighted by atomic mass is 16.5. The van der Waals surface area contributed by atoms with Crippen LogP contribution in [0.15, 0.2) is 54.6 Å². The molecule has 3 aromatic carbocycles. The normalized spacial score (nSPS) is 14.3. The second-order valence-corrected chi connectivity index (χ2v) is 7.11. The van der Waals surface area contributed by atoms with Gasteiger partial charge in [0, 0.05) is 28.8 Å². The largest absolute Gasteiger partial charge is 0.508 e. The van der Waals surface area contributed by atoms with Crippen LogP contribution in [0.1, 0.15) is 38.5 Å². The van der Waals surface area contributed by atoms with Crippen molar-refractivity contribution in [3.63, 3.8) is 0 Å². The number of anilines is 1. The van der Waals surface area contributed by atoms with Gasteiger partial charge in [0.25, 0.3) is 0 Å². The number of ether oxygens (including phenoxy) is 1. The van der Waals surface area contributed by atoms with Crippen LogP contribution in [0.3, 0.4) is 0 Å². The maximum absolute atomic E-state index is 12.1. The number of phenols is 1. The van der Waals surface area contributed by atoms with Crippen LogP contribution in [-0.2, 0) is 4.79 Å². The fourth-order valence-electron chi connectivity index (χ4n) is 3.71. The summed E-state index contributed by atoms with van der Waals surface area (Å²) in [5, 5.41) is 31.2. The fourth-order valence-corrected chi connectivity index (χ4v) is 3.71. The number of carboxylic acids is 1. The van der Waals surface area contributed by atoms with Gasteiger partial charge in [0.2, 0.25) is 5.91 Å². The number of phenolic OH excluding ortho intramolecular Hbond substituents is 1. The minimum absolute atomic E-state index is 0.0168. The molecule has 1 heterocycles. The molecule has 30 heavy (non-hydrogen) atoms. The molecule has 0 fully saturated rings. The zero-order valence-corrected chi connectivity index (χ0v) is 16.0. The number of aliphatic hydroxyl groups is 1. The van der Waals surface area contributed by atoms with Crippen molar-refractivity contribution in [3.05, 3.63) is 82.4 Å². The summed E-state index contributed by atoms with van der Waals surface area (Å²) in [6.07, 6.45) is 0. The predicted molar refractivity (Wildman–Crippen MR) is 109 cm³/mol. The van der Waals surface area contributed by atoms with E-state index in [0.29, 0.717) is 17.1 Å². The molecule has 1 amide bonds. The standard InChI is InChI=1S/C23H19NO6/c1-12-2-5-16-19(8-12)30-20-10-14(26)4-7-17(20)22(16)15-6-3-13(24-21(27)11-25)9-18(15)23(28)29/h2-10,22,25-26H,11H2,1H3,(H,24,27)(H,28,29). The van der Waals surface area contributed by atoms with Gasteiger partial charge in [0.1, 0.15) is 23.9 Å². The van der Waals surface area contributed by atoms with Crippen molar-refractivity contribution in [1.82, 2.24) is 0 Å². The van der Waals surface area contributed by atoms with Crippen LogP contribution in [-0.4, -0.2) is 33.8 Å². The van der Waals surface area contributed by atoms with Gasteiger partial charge < -0.3 is 25.4 Å². The molecule has 7 heteroatoms. The first-order valence-electron chi connectivity index (χ1n) is 9.26. The molecular weight excluding hydrogens is 386 g/mol. The average Bonchev–Trinajstić information content (AvgIpc) is 2.71. The van der Waals surface area contributed by atoms with Crippen molar-refractivity contribution in [2.24, 2.45) is 0 Å². The number of aliphatic hydroxyl groups excluding tert-OH is 1. The van der Waals surface area contributed by atoms with Crippen molar-refractivity contribution >= 4 is 17.6 Å². The Morgan fingerprint density at radius 2 is 1.63 bits per heavy atom. The van der Waals surface area contributed by atoms with E-state index >= 15 is 0 Å². The Bertz CT molecular complexity index is 1120. The molecule has 0 spiro atoms. The Kier molecular flexibility index (Phi) is 4.89. The summed E-state index contributed by atoms with van der Waals surface area (Å²) in [4.78, 5) is 23.6. The van der Waals surface area contributed by atoms with E-state index in [0.717, 1.165) is 16.7 Å². The van der Waals surface area contributed by atoms with E-state index in [4.69, 9.17) is 9.84 Å². The number of aromatic carboxylic acids is 1. The van der Waals surface area contributed by atoms with E-state index in [1.54, 1.807) is 18.2 Å². The molecule has 1 aliphatic rings. The second-order valence-electron chi connectivity index (χ2n) is 7.11. The van der Waals surface area contributed by atoms with Gasteiger partial charge in [-0.25, -0.2) is 4.79 Å². The van der Waals surface area contributed by atoms with Crippen LogP contribution in [0, 0.1) is 6.92 Å². The summed E-state index contributed by atoms with van der Waals surface area (Å²) in [5.41, 5.74) is 3.31. The van der Waals surface area contributed by atoms with Gasteiger partial charge in [-0.1, -0.05) is 24.3 Å². The van der Waals surface area contributed by atoms with Gasteiger partial charge in [-0.05, 0) is 42.3 Å². The van der Waals surface area contributed by atoms with Crippen LogP contribution < -0.4 is 10.1 Å². The van der Waals surface area contributed by atoms with Crippen molar-refractivity contribution in [1.29, 1.82) is 0 Å². The molecule has 0 aliphatic carbocycles. The first-order chi connectivity index (χ1) is 14.4. The Labute approximate surface area is 172 Å². The number of aryl methyl sites for hydroxylation is 1. The monoisotopic (exact) mass is 405 g/mol. The number of benzene rings is 3. The molecule has 0 saturated carbocycles. The lowest BCUT2D eigenvalue weighted by molar-refractivity contribution is -0.118. The number of carbonyl (C=O) groups is 2.